The van der Waals surface area contributed by atoms with E-state index in [0.29, 0.717) is 0 Å². The van der Waals surface area contributed by atoms with Crippen molar-refractivity contribution < 1.29 is 8.83 Å². The molecule has 0 bridgehead atoms. The number of fused-ring (bicyclic) bond motifs is 13. The largest absolute Gasteiger partial charge is 0.456 e. The van der Waals surface area contributed by atoms with Crippen LogP contribution in [0.15, 0.2) is 233 Å². The number of benzene rings is 11. The van der Waals surface area contributed by atoms with Crippen molar-refractivity contribution in [3.8, 4) is 44.5 Å². The second-order valence-corrected chi connectivity index (χ2v) is 19.2. The van der Waals surface area contributed by atoms with Crippen LogP contribution in [-0.4, -0.2) is 0 Å². The minimum atomic E-state index is -0.174. The summed E-state index contributed by atoms with van der Waals surface area (Å²) >= 11 is 0. The van der Waals surface area contributed by atoms with Gasteiger partial charge in [0.05, 0.1) is 0 Å². The van der Waals surface area contributed by atoms with Crippen molar-refractivity contribution in [2.75, 3.05) is 0 Å². The Bertz CT molecular complexity index is 3950. The average molecular weight is 869 g/mol. The SMILES string of the molecule is CC1(C)c2cc(-c3ccccc3)ccc2-c2ccc(C(c3ccc(-c4ccc5oc6ccc7ccccc7c6c5c4)cc3)c3ccc(-c4ccc5oc6ccc7ccccc7c6c5c4)cc3)cc21. The van der Waals surface area contributed by atoms with Gasteiger partial charge in [0.2, 0.25) is 0 Å². The van der Waals surface area contributed by atoms with Crippen LogP contribution in [0.25, 0.3) is 110 Å². The van der Waals surface area contributed by atoms with Crippen molar-refractivity contribution in [1.82, 2.24) is 0 Å². The Balaban J connectivity index is 0.872. The maximum Gasteiger partial charge on any atom is 0.136 e. The maximum atomic E-state index is 6.37. The molecule has 1 aliphatic carbocycles. The Labute approximate surface area is 394 Å². The first-order valence-electron chi connectivity index (χ1n) is 23.7. The van der Waals surface area contributed by atoms with Crippen LogP contribution in [0.3, 0.4) is 0 Å². The maximum absolute atomic E-state index is 6.37. The third-order valence-corrected chi connectivity index (χ3v) is 15.0. The molecule has 1 aliphatic rings. The van der Waals surface area contributed by atoms with E-state index in [1.54, 1.807) is 0 Å². The molecule has 0 amide bonds. The van der Waals surface area contributed by atoms with E-state index in [1.807, 2.05) is 0 Å². The van der Waals surface area contributed by atoms with E-state index in [-0.39, 0.29) is 11.3 Å². The predicted octanol–water partition coefficient (Wildman–Crippen LogP) is 18.3. The van der Waals surface area contributed by atoms with Crippen LogP contribution >= 0.6 is 0 Å². The average Bonchev–Trinajstić information content (AvgIpc) is 4.04. The van der Waals surface area contributed by atoms with Gasteiger partial charge in [0.25, 0.3) is 0 Å². The summed E-state index contributed by atoms with van der Waals surface area (Å²) in [5.41, 5.74) is 19.8. The van der Waals surface area contributed by atoms with E-state index in [0.717, 1.165) is 33.1 Å². The summed E-state index contributed by atoms with van der Waals surface area (Å²) < 4.78 is 12.7. The van der Waals surface area contributed by atoms with Crippen LogP contribution in [0.1, 0.15) is 47.6 Å². The summed E-state index contributed by atoms with van der Waals surface area (Å²) in [4.78, 5) is 0. The molecule has 13 aromatic rings. The Kier molecular flexibility index (Phi) is 8.42. The molecule has 14 rings (SSSR count). The lowest BCUT2D eigenvalue weighted by molar-refractivity contribution is 0.659. The zero-order valence-electron chi connectivity index (χ0n) is 37.8. The van der Waals surface area contributed by atoms with Crippen molar-refractivity contribution >= 4 is 65.4 Å². The van der Waals surface area contributed by atoms with Crippen LogP contribution in [-0.2, 0) is 5.41 Å². The van der Waals surface area contributed by atoms with Crippen LogP contribution in [0.2, 0.25) is 0 Å². The van der Waals surface area contributed by atoms with Crippen molar-refractivity contribution in [2.24, 2.45) is 0 Å². The minimum absolute atomic E-state index is 0.00103. The van der Waals surface area contributed by atoms with Crippen LogP contribution in [0.5, 0.6) is 0 Å². The van der Waals surface area contributed by atoms with Crippen molar-refractivity contribution in [2.45, 2.75) is 25.2 Å². The lowest BCUT2D eigenvalue weighted by atomic mass is 9.78. The fraction of sp³-hybridized carbons (Fsp3) is 0.0606. The Morgan fingerprint density at radius 3 is 1.28 bits per heavy atom. The highest BCUT2D eigenvalue weighted by Gasteiger charge is 2.36. The molecule has 0 aliphatic heterocycles. The van der Waals surface area contributed by atoms with Crippen LogP contribution in [0.4, 0.5) is 0 Å². The zero-order valence-corrected chi connectivity index (χ0v) is 37.8. The van der Waals surface area contributed by atoms with E-state index in [1.165, 1.54) is 105 Å². The molecule has 2 aromatic heterocycles. The van der Waals surface area contributed by atoms with Crippen LogP contribution in [0, 0.1) is 0 Å². The summed E-state index contributed by atoms with van der Waals surface area (Å²) in [6.45, 7) is 4.78. The molecule has 2 nitrogen and oxygen atoms in total. The summed E-state index contributed by atoms with van der Waals surface area (Å²) in [5, 5.41) is 9.49. The molecule has 0 unspecified atom stereocenters. The normalized spacial score (nSPS) is 13.1. The first kappa shape index (κ1) is 38.8. The third kappa shape index (κ3) is 5.97. The number of hydrogen-bond acceptors (Lipinski definition) is 2. The highest BCUT2D eigenvalue weighted by Crippen LogP contribution is 2.51. The molecule has 11 aromatic carbocycles. The molecular weight excluding hydrogens is 825 g/mol. The van der Waals surface area contributed by atoms with Crippen molar-refractivity contribution in [3.05, 3.63) is 252 Å². The van der Waals surface area contributed by atoms with Gasteiger partial charge in [-0.15, -0.1) is 0 Å². The van der Waals surface area contributed by atoms with Gasteiger partial charge in [0, 0.05) is 32.9 Å². The Morgan fingerprint density at radius 1 is 0.309 bits per heavy atom. The van der Waals surface area contributed by atoms with E-state index < -0.39 is 0 Å². The molecule has 0 atom stereocenters. The molecule has 0 N–H and O–H groups in total. The highest BCUT2D eigenvalue weighted by molar-refractivity contribution is 6.20. The number of furan rings is 2. The number of hydrogen-bond donors (Lipinski definition) is 0. The van der Waals surface area contributed by atoms with Gasteiger partial charge in [-0.2, -0.15) is 0 Å². The molecule has 320 valence electrons. The topological polar surface area (TPSA) is 26.3 Å². The first-order chi connectivity index (χ1) is 33.4. The van der Waals surface area contributed by atoms with Gasteiger partial charge in [0.1, 0.15) is 22.3 Å². The van der Waals surface area contributed by atoms with Gasteiger partial charge >= 0.3 is 0 Å². The fourth-order valence-corrected chi connectivity index (χ4v) is 11.5. The second-order valence-electron chi connectivity index (χ2n) is 19.2. The summed E-state index contributed by atoms with van der Waals surface area (Å²) in [6.07, 6.45) is 0. The zero-order chi connectivity index (χ0) is 45.1. The van der Waals surface area contributed by atoms with E-state index >= 15 is 0 Å². The quantitative estimate of drug-likeness (QED) is 0.156. The Hall–Kier alpha value is -8.46. The fourth-order valence-electron chi connectivity index (χ4n) is 11.5. The van der Waals surface area contributed by atoms with Crippen LogP contribution < -0.4 is 0 Å². The molecular formula is C66H44O2. The van der Waals surface area contributed by atoms with Gasteiger partial charge in [-0.25, -0.2) is 0 Å². The predicted molar refractivity (Wildman–Crippen MR) is 284 cm³/mol. The summed E-state index contributed by atoms with van der Waals surface area (Å²) in [7, 11) is 0. The van der Waals surface area contributed by atoms with E-state index in [2.05, 4.69) is 238 Å². The smallest absolute Gasteiger partial charge is 0.136 e. The molecule has 2 heterocycles. The van der Waals surface area contributed by atoms with E-state index in [4.69, 9.17) is 8.83 Å². The molecule has 0 fully saturated rings. The van der Waals surface area contributed by atoms with Crippen molar-refractivity contribution in [1.29, 1.82) is 0 Å². The summed E-state index contributed by atoms with van der Waals surface area (Å²) in [5.74, 6) is 0.00103. The molecule has 68 heavy (non-hydrogen) atoms. The molecule has 0 radical (unpaired) electrons. The first-order valence-corrected chi connectivity index (χ1v) is 23.7. The third-order valence-electron chi connectivity index (χ3n) is 15.0. The standard InChI is InChI=1S/C66H44O2/c1-66(2)57-38-49(40-10-4-3-5-11-40)24-30-53(57)54-31-25-50(39-58(54)66)63(45-20-16-41(17-21-45)47-28-32-59-55(36-47)64-51-14-8-6-12-43(51)26-34-61(64)67-59)46-22-18-42(19-23-46)48-29-33-60-56(37-48)65-52-15-9-7-13-44(52)27-35-62(65)68-60/h3-39,63H,1-2H3. The van der Waals surface area contributed by atoms with E-state index in [9.17, 15) is 0 Å². The van der Waals surface area contributed by atoms with Crippen molar-refractivity contribution in [3.63, 3.8) is 0 Å². The lowest BCUT2D eigenvalue weighted by Crippen LogP contribution is -2.16. The van der Waals surface area contributed by atoms with Gasteiger partial charge < -0.3 is 8.83 Å². The Morgan fingerprint density at radius 2 is 0.721 bits per heavy atom. The highest BCUT2D eigenvalue weighted by atomic mass is 16.3. The van der Waals surface area contributed by atoms with Gasteiger partial charge in [-0.3, -0.25) is 0 Å². The van der Waals surface area contributed by atoms with Gasteiger partial charge in [-0.1, -0.05) is 196 Å². The van der Waals surface area contributed by atoms with Gasteiger partial charge in [0.15, 0.2) is 0 Å². The molecule has 0 saturated carbocycles. The second kappa shape index (κ2) is 14.8. The summed E-state index contributed by atoms with van der Waals surface area (Å²) in [6, 6.07) is 82.4. The minimum Gasteiger partial charge on any atom is -0.456 e. The number of rotatable bonds is 6. The molecule has 2 heteroatoms. The monoisotopic (exact) mass is 868 g/mol. The van der Waals surface area contributed by atoms with Gasteiger partial charge in [-0.05, 0) is 136 Å². The molecule has 0 saturated heterocycles. The molecule has 0 spiro atoms. The lowest BCUT2D eigenvalue weighted by Gasteiger charge is -2.25.